The van der Waals surface area contributed by atoms with Gasteiger partial charge in [0, 0.05) is 19.1 Å². The highest BCUT2D eigenvalue weighted by atomic mass is 16.2. The highest BCUT2D eigenvalue weighted by Gasteiger charge is 2.39. The summed E-state index contributed by atoms with van der Waals surface area (Å²) in [6, 6.07) is 8.72. The summed E-state index contributed by atoms with van der Waals surface area (Å²) in [6.45, 7) is 1.28. The molecule has 2 aliphatic carbocycles. The molecule has 0 radical (unpaired) electrons. The molecule has 1 aromatic carbocycles. The number of carbonyl (C=O) groups excluding carboxylic acids is 1. The Hall–Kier alpha value is -1.35. The number of rotatable bonds is 4. The van der Waals surface area contributed by atoms with E-state index in [4.69, 9.17) is 5.73 Å². The first-order chi connectivity index (χ1) is 8.31. The van der Waals surface area contributed by atoms with E-state index in [1.807, 2.05) is 17.0 Å². The van der Waals surface area contributed by atoms with Gasteiger partial charge in [0.2, 0.25) is 5.91 Å². The summed E-state index contributed by atoms with van der Waals surface area (Å²) < 4.78 is 0. The maximum absolute atomic E-state index is 12.4. The van der Waals surface area contributed by atoms with Gasteiger partial charge in [0.25, 0.3) is 0 Å². The van der Waals surface area contributed by atoms with Crippen LogP contribution in [0.4, 0.5) is 0 Å². The summed E-state index contributed by atoms with van der Waals surface area (Å²) in [5, 5.41) is 0. The summed E-state index contributed by atoms with van der Waals surface area (Å²) in [5.41, 5.74) is 8.14. The Balaban J connectivity index is 1.75. The molecule has 0 bridgehead atoms. The van der Waals surface area contributed by atoms with Gasteiger partial charge >= 0.3 is 0 Å². The van der Waals surface area contributed by atoms with Crippen LogP contribution in [0.2, 0.25) is 0 Å². The lowest BCUT2D eigenvalue weighted by Gasteiger charge is -2.34. The summed E-state index contributed by atoms with van der Waals surface area (Å²) in [4.78, 5) is 14.4. The molecule has 0 aliphatic heterocycles. The predicted octanol–water partition coefficient (Wildman–Crippen LogP) is 1.28. The normalized spacial score (nSPS) is 21.6. The van der Waals surface area contributed by atoms with Crippen LogP contribution in [0, 0.1) is 0 Å². The number of hydrogen-bond donors (Lipinski definition) is 1. The van der Waals surface area contributed by atoms with Gasteiger partial charge in [-0.05, 0) is 30.4 Å². The van der Waals surface area contributed by atoms with E-state index < -0.39 is 0 Å². The molecule has 1 atom stereocenters. The fourth-order valence-corrected chi connectivity index (χ4v) is 2.68. The third kappa shape index (κ3) is 1.84. The van der Waals surface area contributed by atoms with E-state index in [1.165, 1.54) is 11.1 Å². The predicted molar refractivity (Wildman–Crippen MR) is 66.7 cm³/mol. The van der Waals surface area contributed by atoms with Crippen molar-refractivity contribution in [3.8, 4) is 0 Å². The van der Waals surface area contributed by atoms with Crippen molar-refractivity contribution in [1.29, 1.82) is 0 Å². The van der Waals surface area contributed by atoms with Gasteiger partial charge in [-0.3, -0.25) is 4.79 Å². The molecule has 1 saturated carbocycles. The highest BCUT2D eigenvalue weighted by Crippen LogP contribution is 2.38. The number of benzene rings is 1. The van der Waals surface area contributed by atoms with Crippen LogP contribution in [0.1, 0.15) is 29.9 Å². The molecular weight excluding hydrogens is 212 g/mol. The molecule has 2 N–H and O–H groups in total. The van der Waals surface area contributed by atoms with Crippen LogP contribution in [-0.4, -0.2) is 29.9 Å². The second-order valence-electron chi connectivity index (χ2n) is 5.01. The number of nitrogens with two attached hydrogens (primary N) is 1. The van der Waals surface area contributed by atoms with Gasteiger partial charge in [-0.2, -0.15) is 0 Å². The van der Waals surface area contributed by atoms with Crippen LogP contribution in [0.3, 0.4) is 0 Å². The first-order valence-electron chi connectivity index (χ1n) is 6.39. The first kappa shape index (κ1) is 10.8. The number of fused-ring (bicyclic) bond motifs is 1. The van der Waals surface area contributed by atoms with E-state index in [0.29, 0.717) is 19.1 Å². The van der Waals surface area contributed by atoms with Gasteiger partial charge in [0.1, 0.15) is 0 Å². The third-order valence-corrected chi connectivity index (χ3v) is 3.79. The molecule has 3 heteroatoms. The van der Waals surface area contributed by atoms with Crippen molar-refractivity contribution in [2.45, 2.75) is 31.2 Å². The topological polar surface area (TPSA) is 46.3 Å². The van der Waals surface area contributed by atoms with Gasteiger partial charge in [-0.1, -0.05) is 24.3 Å². The maximum atomic E-state index is 12.4. The Labute approximate surface area is 102 Å². The monoisotopic (exact) mass is 230 g/mol. The standard InChI is InChI=1S/C14H18N2O/c15-7-8-16(11-5-6-11)14(17)13-9-10-3-1-2-4-12(10)13/h1-4,11,13H,5-9,15H2. The van der Waals surface area contributed by atoms with Crippen LogP contribution in [0.25, 0.3) is 0 Å². The van der Waals surface area contributed by atoms with Gasteiger partial charge in [-0.15, -0.1) is 0 Å². The molecule has 3 nitrogen and oxygen atoms in total. The molecule has 2 aliphatic rings. The first-order valence-corrected chi connectivity index (χ1v) is 6.39. The zero-order valence-electron chi connectivity index (χ0n) is 9.93. The van der Waals surface area contributed by atoms with E-state index in [2.05, 4.69) is 12.1 Å². The van der Waals surface area contributed by atoms with Gasteiger partial charge in [-0.25, -0.2) is 0 Å². The summed E-state index contributed by atoms with van der Waals surface area (Å²) in [7, 11) is 0. The quantitative estimate of drug-likeness (QED) is 0.847. The fourth-order valence-electron chi connectivity index (χ4n) is 2.68. The Kier molecular flexibility index (Phi) is 2.63. The number of hydrogen-bond acceptors (Lipinski definition) is 2. The molecule has 90 valence electrons. The zero-order valence-corrected chi connectivity index (χ0v) is 9.93. The van der Waals surface area contributed by atoms with Crippen LogP contribution >= 0.6 is 0 Å². The maximum Gasteiger partial charge on any atom is 0.230 e. The Morgan fingerprint density at radius 2 is 2.12 bits per heavy atom. The van der Waals surface area contributed by atoms with Gasteiger partial charge in [0.05, 0.1) is 5.92 Å². The van der Waals surface area contributed by atoms with Crippen LogP contribution in [0.15, 0.2) is 24.3 Å². The lowest BCUT2D eigenvalue weighted by Crippen LogP contribution is -2.43. The molecule has 1 aromatic rings. The van der Waals surface area contributed by atoms with Crippen molar-refractivity contribution in [2.24, 2.45) is 5.73 Å². The minimum absolute atomic E-state index is 0.0957. The van der Waals surface area contributed by atoms with Crippen LogP contribution in [0.5, 0.6) is 0 Å². The molecular formula is C14H18N2O. The molecule has 0 saturated heterocycles. The zero-order chi connectivity index (χ0) is 11.8. The second kappa shape index (κ2) is 4.15. The van der Waals surface area contributed by atoms with Crippen LogP contribution in [-0.2, 0) is 11.2 Å². The van der Waals surface area contributed by atoms with Crippen molar-refractivity contribution >= 4 is 5.91 Å². The Bertz CT molecular complexity index is 440. The van der Waals surface area contributed by atoms with E-state index in [0.717, 1.165) is 19.3 Å². The van der Waals surface area contributed by atoms with Gasteiger partial charge < -0.3 is 10.6 Å². The molecule has 0 spiro atoms. The average Bonchev–Trinajstić information content (AvgIpc) is 3.11. The average molecular weight is 230 g/mol. The van der Waals surface area contributed by atoms with Gasteiger partial charge in [0.15, 0.2) is 0 Å². The van der Waals surface area contributed by atoms with Crippen LogP contribution < -0.4 is 5.73 Å². The number of carbonyl (C=O) groups is 1. The van der Waals surface area contributed by atoms with E-state index in [-0.39, 0.29) is 11.8 Å². The molecule has 1 fully saturated rings. The molecule has 3 rings (SSSR count). The molecule has 1 amide bonds. The van der Waals surface area contributed by atoms with E-state index in [9.17, 15) is 4.79 Å². The SMILES string of the molecule is NCCN(C(=O)C1Cc2ccccc21)C1CC1. The Morgan fingerprint density at radius 1 is 1.35 bits per heavy atom. The molecule has 0 aromatic heterocycles. The lowest BCUT2D eigenvalue weighted by molar-refractivity contribution is -0.133. The van der Waals surface area contributed by atoms with E-state index >= 15 is 0 Å². The van der Waals surface area contributed by atoms with Crippen molar-refractivity contribution in [1.82, 2.24) is 4.90 Å². The summed E-state index contributed by atoms with van der Waals surface area (Å²) in [5.74, 6) is 0.384. The number of amides is 1. The highest BCUT2D eigenvalue weighted by molar-refractivity contribution is 5.87. The van der Waals surface area contributed by atoms with Crippen molar-refractivity contribution in [2.75, 3.05) is 13.1 Å². The van der Waals surface area contributed by atoms with Crippen molar-refractivity contribution in [3.05, 3.63) is 35.4 Å². The number of nitrogens with zero attached hydrogens (tertiary/aromatic N) is 1. The van der Waals surface area contributed by atoms with Crippen molar-refractivity contribution in [3.63, 3.8) is 0 Å². The third-order valence-electron chi connectivity index (χ3n) is 3.79. The second-order valence-corrected chi connectivity index (χ2v) is 5.01. The Morgan fingerprint density at radius 3 is 2.76 bits per heavy atom. The molecule has 0 heterocycles. The molecule has 17 heavy (non-hydrogen) atoms. The fraction of sp³-hybridized carbons (Fsp3) is 0.500. The lowest BCUT2D eigenvalue weighted by atomic mass is 9.77. The minimum atomic E-state index is 0.0957. The van der Waals surface area contributed by atoms with E-state index in [1.54, 1.807) is 0 Å². The minimum Gasteiger partial charge on any atom is -0.338 e. The largest absolute Gasteiger partial charge is 0.338 e. The van der Waals surface area contributed by atoms with Crippen molar-refractivity contribution < 1.29 is 4.79 Å². The molecule has 1 unspecified atom stereocenters. The smallest absolute Gasteiger partial charge is 0.230 e. The summed E-state index contributed by atoms with van der Waals surface area (Å²) >= 11 is 0. The summed E-state index contributed by atoms with van der Waals surface area (Å²) in [6.07, 6.45) is 3.21.